The van der Waals surface area contributed by atoms with E-state index in [0.29, 0.717) is 17.4 Å². The van der Waals surface area contributed by atoms with E-state index in [4.69, 9.17) is 0 Å². The Kier molecular flexibility index (Phi) is 4.26. The number of benzene rings is 2. The fourth-order valence-corrected chi connectivity index (χ4v) is 3.45. The van der Waals surface area contributed by atoms with Gasteiger partial charge in [0, 0.05) is 25.0 Å². The number of nitrogens with zero attached hydrogens (tertiary/aromatic N) is 3. The maximum Gasteiger partial charge on any atom is 0.275 e. The van der Waals surface area contributed by atoms with Crippen molar-refractivity contribution < 1.29 is 4.79 Å². The van der Waals surface area contributed by atoms with Crippen LogP contribution < -0.4 is 10.9 Å². The largest absolute Gasteiger partial charge is 0.354 e. The van der Waals surface area contributed by atoms with E-state index in [-0.39, 0.29) is 23.2 Å². The summed E-state index contributed by atoms with van der Waals surface area (Å²) < 4.78 is 1.40. The van der Waals surface area contributed by atoms with Crippen molar-refractivity contribution in [1.29, 1.82) is 0 Å². The molecule has 1 atom stereocenters. The van der Waals surface area contributed by atoms with Crippen LogP contribution in [-0.4, -0.2) is 34.2 Å². The lowest BCUT2D eigenvalue weighted by atomic mass is 9.95. The molecule has 0 unspecified atom stereocenters. The van der Waals surface area contributed by atoms with Crippen molar-refractivity contribution >= 4 is 16.7 Å². The van der Waals surface area contributed by atoms with Crippen molar-refractivity contribution in [2.75, 3.05) is 13.6 Å². The third kappa shape index (κ3) is 2.78. The number of likely N-dealkylation sites (tertiary alicyclic amines) is 1. The highest BCUT2D eigenvalue weighted by Gasteiger charge is 2.30. The zero-order valence-electron chi connectivity index (χ0n) is 14.6. The first-order valence-electron chi connectivity index (χ1n) is 8.70. The van der Waals surface area contributed by atoms with Gasteiger partial charge in [-0.1, -0.05) is 48.5 Å². The van der Waals surface area contributed by atoms with Crippen molar-refractivity contribution in [3.05, 3.63) is 76.2 Å². The molecule has 1 saturated heterocycles. The van der Waals surface area contributed by atoms with Crippen molar-refractivity contribution in [2.24, 2.45) is 0 Å². The Morgan fingerprint density at radius 3 is 2.46 bits per heavy atom. The number of carbonyl (C=O) groups is 1. The lowest BCUT2D eigenvalue weighted by Gasteiger charge is -2.41. The van der Waals surface area contributed by atoms with Crippen molar-refractivity contribution in [1.82, 2.24) is 20.0 Å². The molecule has 6 nitrogen and oxygen atoms in total. The number of hydrogen-bond donors (Lipinski definition) is 1. The summed E-state index contributed by atoms with van der Waals surface area (Å²) in [5.74, 6) is -0.293. The third-order valence-electron chi connectivity index (χ3n) is 4.94. The van der Waals surface area contributed by atoms with Gasteiger partial charge in [-0.2, -0.15) is 5.10 Å². The Balaban J connectivity index is 1.72. The second-order valence-corrected chi connectivity index (χ2v) is 6.45. The first kappa shape index (κ1) is 16.5. The molecule has 1 N–H and O–H groups in total. The van der Waals surface area contributed by atoms with E-state index >= 15 is 0 Å². The summed E-state index contributed by atoms with van der Waals surface area (Å²) in [7, 11) is 1.56. The summed E-state index contributed by atoms with van der Waals surface area (Å²) in [6, 6.07) is 17.6. The van der Waals surface area contributed by atoms with Gasteiger partial charge in [0.2, 0.25) is 0 Å². The second-order valence-electron chi connectivity index (χ2n) is 6.45. The Hall–Kier alpha value is -2.99. The maximum absolute atomic E-state index is 12.9. The van der Waals surface area contributed by atoms with E-state index in [1.807, 2.05) is 18.2 Å². The third-order valence-corrected chi connectivity index (χ3v) is 4.94. The fourth-order valence-electron chi connectivity index (χ4n) is 3.45. The van der Waals surface area contributed by atoms with Gasteiger partial charge in [0.1, 0.15) is 0 Å². The zero-order chi connectivity index (χ0) is 18.1. The summed E-state index contributed by atoms with van der Waals surface area (Å²) in [4.78, 5) is 27.3. The smallest absolute Gasteiger partial charge is 0.275 e. The van der Waals surface area contributed by atoms with E-state index in [0.717, 1.165) is 13.0 Å². The van der Waals surface area contributed by atoms with Crippen LogP contribution in [-0.2, 0) is 6.67 Å². The number of carbonyl (C=O) groups excluding carboxylic acids is 1. The van der Waals surface area contributed by atoms with Crippen LogP contribution in [0.1, 0.15) is 28.5 Å². The molecule has 0 bridgehead atoms. The molecule has 0 radical (unpaired) electrons. The number of aromatic nitrogens is 2. The van der Waals surface area contributed by atoms with Crippen molar-refractivity contribution in [3.63, 3.8) is 0 Å². The van der Waals surface area contributed by atoms with Crippen molar-refractivity contribution in [2.45, 2.75) is 19.1 Å². The molecule has 2 heterocycles. The van der Waals surface area contributed by atoms with Gasteiger partial charge in [-0.25, -0.2) is 4.68 Å². The molecule has 0 aliphatic carbocycles. The first-order chi connectivity index (χ1) is 12.7. The Morgan fingerprint density at radius 1 is 1.12 bits per heavy atom. The predicted octanol–water partition coefficient (Wildman–Crippen LogP) is 2.16. The van der Waals surface area contributed by atoms with Gasteiger partial charge >= 0.3 is 0 Å². The molecule has 2 aromatic carbocycles. The van der Waals surface area contributed by atoms with Gasteiger partial charge in [-0.3, -0.25) is 14.5 Å². The van der Waals surface area contributed by atoms with Crippen LogP contribution in [0.25, 0.3) is 10.8 Å². The molecular formula is C20H20N4O2. The average molecular weight is 348 g/mol. The van der Waals surface area contributed by atoms with Crippen LogP contribution in [0.4, 0.5) is 0 Å². The van der Waals surface area contributed by atoms with E-state index in [9.17, 15) is 9.59 Å². The summed E-state index contributed by atoms with van der Waals surface area (Å²) >= 11 is 0. The van der Waals surface area contributed by atoms with Crippen LogP contribution in [0.3, 0.4) is 0 Å². The van der Waals surface area contributed by atoms with Gasteiger partial charge in [0.05, 0.1) is 12.1 Å². The molecule has 0 saturated carbocycles. The minimum absolute atomic E-state index is 0.174. The van der Waals surface area contributed by atoms with Crippen LogP contribution in [0.15, 0.2) is 59.4 Å². The minimum Gasteiger partial charge on any atom is -0.354 e. The molecule has 26 heavy (non-hydrogen) atoms. The monoisotopic (exact) mass is 348 g/mol. The van der Waals surface area contributed by atoms with Crippen LogP contribution in [0.5, 0.6) is 0 Å². The molecule has 1 aromatic heterocycles. The number of hydrogen-bond acceptors (Lipinski definition) is 4. The molecular weight excluding hydrogens is 328 g/mol. The van der Waals surface area contributed by atoms with E-state index < -0.39 is 0 Å². The summed E-state index contributed by atoms with van der Waals surface area (Å²) in [5.41, 5.74) is 1.34. The van der Waals surface area contributed by atoms with Crippen LogP contribution >= 0.6 is 0 Å². The molecule has 4 rings (SSSR count). The van der Waals surface area contributed by atoms with E-state index in [1.54, 1.807) is 31.3 Å². The molecule has 3 aromatic rings. The zero-order valence-corrected chi connectivity index (χ0v) is 14.6. The van der Waals surface area contributed by atoms with Crippen molar-refractivity contribution in [3.8, 4) is 0 Å². The lowest BCUT2D eigenvalue weighted by molar-refractivity contribution is 0.0476. The SMILES string of the molecule is CNC(=O)c1nn(CN2CC[C@@H]2c2ccccc2)c(=O)c2ccccc12. The molecule has 1 fully saturated rings. The summed E-state index contributed by atoms with van der Waals surface area (Å²) in [5, 5.41) is 8.07. The number of nitrogens with one attached hydrogen (secondary N) is 1. The number of rotatable bonds is 4. The van der Waals surface area contributed by atoms with Gasteiger partial charge in [-0.05, 0) is 18.1 Å². The highest BCUT2D eigenvalue weighted by molar-refractivity contribution is 6.04. The highest BCUT2D eigenvalue weighted by atomic mass is 16.2. The highest BCUT2D eigenvalue weighted by Crippen LogP contribution is 2.33. The molecule has 1 amide bonds. The molecule has 0 spiro atoms. The summed E-state index contributed by atoms with van der Waals surface area (Å²) in [6.45, 7) is 1.27. The maximum atomic E-state index is 12.9. The second kappa shape index (κ2) is 6.72. The number of amides is 1. The standard InChI is InChI=1S/C20H20N4O2/c1-21-19(25)18-15-9-5-6-10-16(15)20(26)24(22-18)13-23-12-11-17(23)14-7-3-2-4-8-14/h2-10,17H,11-13H2,1H3,(H,21,25)/t17-/m1/s1. The normalized spacial score (nSPS) is 17.0. The van der Waals surface area contributed by atoms with Crippen LogP contribution in [0, 0.1) is 0 Å². The van der Waals surface area contributed by atoms with Gasteiger partial charge < -0.3 is 5.32 Å². The Bertz CT molecular complexity index is 1010. The molecule has 1 aliphatic rings. The lowest BCUT2D eigenvalue weighted by Crippen LogP contribution is -2.45. The van der Waals surface area contributed by atoms with Gasteiger partial charge in [0.25, 0.3) is 11.5 Å². The first-order valence-corrected chi connectivity index (χ1v) is 8.70. The quantitative estimate of drug-likeness (QED) is 0.785. The van der Waals surface area contributed by atoms with Gasteiger partial charge in [0.15, 0.2) is 5.69 Å². The summed E-state index contributed by atoms with van der Waals surface area (Å²) in [6.07, 6.45) is 1.05. The topological polar surface area (TPSA) is 67.2 Å². The van der Waals surface area contributed by atoms with Gasteiger partial charge in [-0.15, -0.1) is 0 Å². The number of fused-ring (bicyclic) bond motifs is 1. The Labute approximate surface area is 151 Å². The minimum atomic E-state index is -0.293. The average Bonchev–Trinajstić information content (AvgIpc) is 2.67. The predicted molar refractivity (Wildman–Crippen MR) is 99.9 cm³/mol. The molecule has 6 heteroatoms. The molecule has 132 valence electrons. The van der Waals surface area contributed by atoms with E-state index in [2.05, 4.69) is 27.4 Å². The fraction of sp³-hybridized carbons (Fsp3) is 0.250. The van der Waals surface area contributed by atoms with Crippen LogP contribution in [0.2, 0.25) is 0 Å². The molecule has 1 aliphatic heterocycles. The Morgan fingerprint density at radius 2 is 1.81 bits per heavy atom. The van der Waals surface area contributed by atoms with E-state index in [1.165, 1.54) is 10.2 Å².